The van der Waals surface area contributed by atoms with Gasteiger partial charge in [-0.2, -0.15) is 8.42 Å². The number of hydrogen-bond acceptors (Lipinski definition) is 4. The maximum absolute atomic E-state index is 11.8. The van der Waals surface area contributed by atoms with Crippen molar-refractivity contribution in [2.75, 3.05) is 6.61 Å². The number of unbranched alkanes of at least 4 members (excludes halogenated alkanes) is 6. The van der Waals surface area contributed by atoms with E-state index in [9.17, 15) is 8.42 Å². The molecule has 0 fully saturated rings. The first kappa shape index (κ1) is 19.1. The van der Waals surface area contributed by atoms with Crippen molar-refractivity contribution in [2.45, 2.75) is 56.8 Å². The first-order valence-electron chi connectivity index (χ1n) is 7.11. The number of rotatable bonds is 10. The summed E-state index contributed by atoms with van der Waals surface area (Å²) in [7, 11) is -3.56. The molecule has 116 valence electrons. The van der Waals surface area contributed by atoms with Gasteiger partial charge in [0.05, 0.1) is 11.5 Å². The Morgan fingerprint density at radius 1 is 0.900 bits per heavy atom. The van der Waals surface area contributed by atoms with Crippen molar-refractivity contribution in [1.29, 1.82) is 0 Å². The minimum atomic E-state index is -3.56. The largest absolute Gasteiger partial charge is 0.344 e. The Labute approximate surface area is 123 Å². The highest BCUT2D eigenvalue weighted by Crippen LogP contribution is 2.13. The molecule has 3 N–H and O–H groups in total. The molecule has 0 bridgehead atoms. The normalized spacial score (nSPS) is 11.1. The van der Waals surface area contributed by atoms with E-state index in [-0.39, 0.29) is 17.7 Å². The third-order valence-corrected chi connectivity index (χ3v) is 4.34. The average molecular weight is 301 g/mol. The summed E-state index contributed by atoms with van der Waals surface area (Å²) >= 11 is 0. The molecule has 1 aromatic rings. The van der Waals surface area contributed by atoms with Gasteiger partial charge in [0.2, 0.25) is 0 Å². The molecular weight excluding hydrogens is 274 g/mol. The van der Waals surface area contributed by atoms with E-state index in [1.165, 1.54) is 25.7 Å². The van der Waals surface area contributed by atoms with E-state index in [2.05, 4.69) is 6.92 Å². The van der Waals surface area contributed by atoms with Gasteiger partial charge in [0, 0.05) is 0 Å². The van der Waals surface area contributed by atoms with Crippen molar-refractivity contribution >= 4 is 10.1 Å². The van der Waals surface area contributed by atoms with Crippen LogP contribution < -0.4 is 6.15 Å². The molecule has 0 aromatic heterocycles. The molecule has 0 heterocycles. The van der Waals surface area contributed by atoms with Crippen LogP contribution in [0.1, 0.15) is 51.9 Å². The van der Waals surface area contributed by atoms with Gasteiger partial charge < -0.3 is 6.15 Å². The summed E-state index contributed by atoms with van der Waals surface area (Å²) in [4.78, 5) is 0.234. The van der Waals surface area contributed by atoms with Crippen molar-refractivity contribution in [2.24, 2.45) is 0 Å². The summed E-state index contributed by atoms with van der Waals surface area (Å²) in [6.45, 7) is 2.48. The van der Waals surface area contributed by atoms with Gasteiger partial charge in [0.1, 0.15) is 0 Å². The van der Waals surface area contributed by atoms with E-state index < -0.39 is 10.1 Å². The van der Waals surface area contributed by atoms with Crippen LogP contribution in [0.15, 0.2) is 35.2 Å². The molecule has 0 atom stereocenters. The molecule has 4 nitrogen and oxygen atoms in total. The summed E-state index contributed by atoms with van der Waals surface area (Å²) in [6, 6.07) is 8.30. The molecule has 20 heavy (non-hydrogen) atoms. The quantitative estimate of drug-likeness (QED) is 0.516. The van der Waals surface area contributed by atoms with E-state index in [1.54, 1.807) is 30.3 Å². The third kappa shape index (κ3) is 7.62. The zero-order chi connectivity index (χ0) is 14.0. The Morgan fingerprint density at radius 3 is 2.05 bits per heavy atom. The lowest BCUT2D eigenvalue weighted by atomic mass is 10.1. The highest BCUT2D eigenvalue weighted by Gasteiger charge is 2.13. The van der Waals surface area contributed by atoms with Crippen molar-refractivity contribution in [3.05, 3.63) is 30.3 Å². The van der Waals surface area contributed by atoms with Crippen molar-refractivity contribution < 1.29 is 12.6 Å². The molecule has 0 saturated heterocycles. The summed E-state index contributed by atoms with van der Waals surface area (Å²) < 4.78 is 28.6. The van der Waals surface area contributed by atoms with Crippen LogP contribution in [0.3, 0.4) is 0 Å². The monoisotopic (exact) mass is 301 g/mol. The standard InChI is InChI=1S/C15H24O3S.H3N/c1-2-3-4-5-6-7-11-14-18-19(16,17)15-12-9-8-10-13-15;/h8-10,12-13H,2-7,11,14H2,1H3;1H3. The van der Waals surface area contributed by atoms with Gasteiger partial charge in [0.15, 0.2) is 0 Å². The van der Waals surface area contributed by atoms with E-state index in [4.69, 9.17) is 4.18 Å². The van der Waals surface area contributed by atoms with Crippen molar-refractivity contribution in [3.63, 3.8) is 0 Å². The molecule has 0 unspecified atom stereocenters. The van der Waals surface area contributed by atoms with Crippen LogP contribution in [-0.4, -0.2) is 15.0 Å². The fraction of sp³-hybridized carbons (Fsp3) is 0.600. The maximum atomic E-state index is 11.8. The zero-order valence-corrected chi connectivity index (χ0v) is 13.2. The summed E-state index contributed by atoms with van der Waals surface area (Å²) in [5.41, 5.74) is 0. The van der Waals surface area contributed by atoms with Gasteiger partial charge >= 0.3 is 0 Å². The third-order valence-electron chi connectivity index (χ3n) is 3.02. The fourth-order valence-electron chi connectivity index (χ4n) is 1.88. The Kier molecular flexibility index (Phi) is 10.3. The number of benzene rings is 1. The van der Waals surface area contributed by atoms with Gasteiger partial charge in [-0.25, -0.2) is 0 Å². The predicted molar refractivity (Wildman–Crippen MR) is 82.6 cm³/mol. The maximum Gasteiger partial charge on any atom is 0.296 e. The minimum absolute atomic E-state index is 0. The van der Waals surface area contributed by atoms with Gasteiger partial charge in [-0.15, -0.1) is 0 Å². The SMILES string of the molecule is CCCCCCCCCOS(=O)(=O)c1ccccc1.N. The van der Waals surface area contributed by atoms with Crippen molar-refractivity contribution in [1.82, 2.24) is 6.15 Å². The second-order valence-electron chi connectivity index (χ2n) is 4.71. The highest BCUT2D eigenvalue weighted by atomic mass is 32.2. The smallest absolute Gasteiger partial charge is 0.296 e. The van der Waals surface area contributed by atoms with E-state index in [1.807, 2.05) is 0 Å². The summed E-state index contributed by atoms with van der Waals surface area (Å²) in [5.74, 6) is 0. The van der Waals surface area contributed by atoms with Crippen LogP contribution in [0.5, 0.6) is 0 Å². The first-order valence-corrected chi connectivity index (χ1v) is 8.52. The average Bonchev–Trinajstić information content (AvgIpc) is 2.43. The van der Waals surface area contributed by atoms with Crippen LogP contribution in [0.4, 0.5) is 0 Å². The van der Waals surface area contributed by atoms with Gasteiger partial charge in [0.25, 0.3) is 10.1 Å². The van der Waals surface area contributed by atoms with E-state index in [0.29, 0.717) is 0 Å². The molecule has 1 rings (SSSR count). The lowest BCUT2D eigenvalue weighted by Crippen LogP contribution is -2.07. The Balaban J connectivity index is 0.00000361. The van der Waals surface area contributed by atoms with E-state index >= 15 is 0 Å². The highest BCUT2D eigenvalue weighted by molar-refractivity contribution is 7.86. The van der Waals surface area contributed by atoms with Crippen LogP contribution in [-0.2, 0) is 14.3 Å². The van der Waals surface area contributed by atoms with Gasteiger partial charge in [-0.05, 0) is 18.6 Å². The lowest BCUT2D eigenvalue weighted by molar-refractivity contribution is 0.306. The fourth-order valence-corrected chi connectivity index (χ4v) is 2.85. The molecule has 0 radical (unpaired) electrons. The van der Waals surface area contributed by atoms with E-state index in [0.717, 1.165) is 19.3 Å². The molecule has 0 spiro atoms. The first-order chi connectivity index (χ1) is 9.17. The molecule has 0 aliphatic carbocycles. The van der Waals surface area contributed by atoms with Gasteiger partial charge in [-0.1, -0.05) is 63.6 Å². The second-order valence-corrected chi connectivity index (χ2v) is 6.33. The predicted octanol–water partition coefficient (Wildman–Crippen LogP) is 4.30. The molecule has 5 heteroatoms. The summed E-state index contributed by atoms with van der Waals surface area (Å²) in [6.07, 6.45) is 8.05. The minimum Gasteiger partial charge on any atom is -0.344 e. The van der Waals surface area contributed by atoms with Gasteiger partial charge in [-0.3, -0.25) is 4.18 Å². The Bertz CT molecular complexity index is 432. The Hall–Kier alpha value is -0.910. The molecule has 0 aliphatic heterocycles. The molecule has 0 saturated carbocycles. The second kappa shape index (κ2) is 10.8. The molecule has 0 amide bonds. The topological polar surface area (TPSA) is 78.4 Å². The van der Waals surface area contributed by atoms with Crippen LogP contribution in [0, 0.1) is 0 Å². The van der Waals surface area contributed by atoms with Crippen LogP contribution in [0.2, 0.25) is 0 Å². The van der Waals surface area contributed by atoms with Crippen molar-refractivity contribution in [3.8, 4) is 0 Å². The molecule has 1 aromatic carbocycles. The van der Waals surface area contributed by atoms with Crippen LogP contribution in [0.25, 0.3) is 0 Å². The lowest BCUT2D eigenvalue weighted by Gasteiger charge is -2.05. The number of hydrogen-bond donors (Lipinski definition) is 1. The Morgan fingerprint density at radius 2 is 1.45 bits per heavy atom. The summed E-state index contributed by atoms with van der Waals surface area (Å²) in [5, 5.41) is 0. The van der Waals surface area contributed by atoms with Crippen LogP contribution >= 0.6 is 0 Å². The zero-order valence-electron chi connectivity index (χ0n) is 12.4. The molecular formula is C15H27NO3S. The molecule has 0 aliphatic rings.